The van der Waals surface area contributed by atoms with E-state index in [1.165, 1.54) is 0 Å². The number of hydrogen-bond acceptors (Lipinski definition) is 5. The molecule has 0 aromatic heterocycles. The minimum Gasteiger partial charge on any atom is -0.450 e. The molecule has 1 heterocycles. The fourth-order valence-electron chi connectivity index (χ4n) is 3.26. The number of carbonyl (C=O) groups is 1. The van der Waals surface area contributed by atoms with Crippen LogP contribution in [0.3, 0.4) is 0 Å². The van der Waals surface area contributed by atoms with E-state index in [1.807, 2.05) is 13.0 Å². The van der Waals surface area contributed by atoms with Gasteiger partial charge in [-0.25, -0.2) is 4.79 Å². The standard InChI is InChI=1S/C20H30O5/c1-13-6-7-17(21)20(4,24)10-5-9-19(3,23)11-8-15-14(2)18(22)25-16(15)12-13/h5,9,12,16-17,21,23-24H,6-8,10-11H2,1-4H3/b9-5+,13-12-/t16-,17-,19-,20+/m0/s1. The Morgan fingerprint density at radius 1 is 1.20 bits per heavy atom. The summed E-state index contributed by atoms with van der Waals surface area (Å²) in [5, 5.41) is 31.3. The number of esters is 1. The van der Waals surface area contributed by atoms with E-state index in [0.717, 1.165) is 11.1 Å². The first kappa shape index (κ1) is 19.9. The molecular weight excluding hydrogens is 320 g/mol. The number of rotatable bonds is 0. The third kappa shape index (κ3) is 5.03. The van der Waals surface area contributed by atoms with E-state index < -0.39 is 23.4 Å². The second kappa shape index (κ2) is 7.44. The van der Waals surface area contributed by atoms with E-state index in [2.05, 4.69) is 0 Å². The van der Waals surface area contributed by atoms with Crippen LogP contribution < -0.4 is 0 Å². The van der Waals surface area contributed by atoms with Gasteiger partial charge in [-0.1, -0.05) is 17.7 Å². The van der Waals surface area contributed by atoms with Gasteiger partial charge in [0.15, 0.2) is 0 Å². The molecule has 0 fully saturated rings. The van der Waals surface area contributed by atoms with Gasteiger partial charge < -0.3 is 20.1 Å². The summed E-state index contributed by atoms with van der Waals surface area (Å²) in [5.74, 6) is -0.313. The highest BCUT2D eigenvalue weighted by molar-refractivity contribution is 5.92. The second-order valence-electron chi connectivity index (χ2n) is 7.86. The molecule has 2 aliphatic rings. The fourth-order valence-corrected chi connectivity index (χ4v) is 3.26. The predicted octanol–water partition coefficient (Wildman–Crippen LogP) is 2.56. The zero-order valence-electron chi connectivity index (χ0n) is 15.6. The monoisotopic (exact) mass is 350 g/mol. The molecule has 0 aromatic rings. The lowest BCUT2D eigenvalue weighted by atomic mass is 9.87. The molecule has 0 bridgehead atoms. The molecule has 3 N–H and O–H groups in total. The van der Waals surface area contributed by atoms with Crippen LogP contribution in [0.5, 0.6) is 0 Å². The molecule has 140 valence electrons. The maximum atomic E-state index is 11.9. The van der Waals surface area contributed by atoms with Gasteiger partial charge in [0.1, 0.15) is 6.10 Å². The van der Waals surface area contributed by atoms with Crippen molar-refractivity contribution in [1.82, 2.24) is 0 Å². The van der Waals surface area contributed by atoms with Gasteiger partial charge in [0.25, 0.3) is 0 Å². The summed E-state index contributed by atoms with van der Waals surface area (Å²) in [7, 11) is 0. The Labute approximate surface area is 149 Å². The molecule has 5 heteroatoms. The zero-order valence-corrected chi connectivity index (χ0v) is 15.6. The average molecular weight is 350 g/mol. The van der Waals surface area contributed by atoms with Crippen LogP contribution in [0.2, 0.25) is 0 Å². The van der Waals surface area contributed by atoms with E-state index in [-0.39, 0.29) is 12.4 Å². The van der Waals surface area contributed by atoms with Crippen molar-refractivity contribution in [2.75, 3.05) is 0 Å². The van der Waals surface area contributed by atoms with Crippen molar-refractivity contribution in [3.05, 3.63) is 34.9 Å². The Bertz CT molecular complexity index is 610. The minimum absolute atomic E-state index is 0.263. The van der Waals surface area contributed by atoms with Crippen molar-refractivity contribution in [2.24, 2.45) is 0 Å². The normalized spacial score (nSPS) is 41.4. The van der Waals surface area contributed by atoms with Gasteiger partial charge in [0, 0.05) is 5.57 Å². The van der Waals surface area contributed by atoms with E-state index in [4.69, 9.17) is 4.74 Å². The Hall–Kier alpha value is -1.43. The summed E-state index contributed by atoms with van der Waals surface area (Å²) in [4.78, 5) is 11.9. The van der Waals surface area contributed by atoms with E-state index >= 15 is 0 Å². The van der Waals surface area contributed by atoms with Crippen LogP contribution in [-0.2, 0) is 9.53 Å². The Kier molecular flexibility index (Phi) is 5.92. The molecule has 5 nitrogen and oxygen atoms in total. The molecule has 0 aromatic carbocycles. The van der Waals surface area contributed by atoms with E-state index in [0.29, 0.717) is 31.3 Å². The van der Waals surface area contributed by atoms with Gasteiger partial charge in [-0.05, 0) is 71.4 Å². The molecular formula is C20H30O5. The van der Waals surface area contributed by atoms with Gasteiger partial charge in [-0.3, -0.25) is 0 Å². The van der Waals surface area contributed by atoms with Gasteiger partial charge in [-0.15, -0.1) is 0 Å². The largest absolute Gasteiger partial charge is 0.450 e. The summed E-state index contributed by atoms with van der Waals surface area (Å²) < 4.78 is 5.44. The molecule has 0 spiro atoms. The van der Waals surface area contributed by atoms with Crippen molar-refractivity contribution in [2.45, 2.75) is 83.2 Å². The van der Waals surface area contributed by atoms with Crippen molar-refractivity contribution in [3.8, 4) is 0 Å². The first-order chi connectivity index (χ1) is 11.5. The van der Waals surface area contributed by atoms with Crippen molar-refractivity contribution in [3.63, 3.8) is 0 Å². The highest BCUT2D eigenvalue weighted by Gasteiger charge is 2.33. The lowest BCUT2D eigenvalue weighted by Gasteiger charge is -2.29. The molecule has 1 aliphatic carbocycles. The van der Waals surface area contributed by atoms with Gasteiger partial charge in [0.05, 0.1) is 17.3 Å². The first-order valence-electron chi connectivity index (χ1n) is 8.90. The summed E-state index contributed by atoms with van der Waals surface area (Å²) >= 11 is 0. The van der Waals surface area contributed by atoms with Crippen LogP contribution in [0.4, 0.5) is 0 Å². The molecule has 0 amide bonds. The smallest absolute Gasteiger partial charge is 0.334 e. The number of aliphatic hydroxyl groups excluding tert-OH is 1. The molecule has 0 radical (unpaired) electrons. The highest BCUT2D eigenvalue weighted by atomic mass is 16.5. The van der Waals surface area contributed by atoms with Crippen LogP contribution in [0, 0.1) is 0 Å². The number of fused-ring (bicyclic) bond motifs is 1. The van der Waals surface area contributed by atoms with Crippen molar-refractivity contribution in [1.29, 1.82) is 0 Å². The topological polar surface area (TPSA) is 87.0 Å². The summed E-state index contributed by atoms with van der Waals surface area (Å²) in [6.45, 7) is 6.99. The van der Waals surface area contributed by atoms with Crippen LogP contribution >= 0.6 is 0 Å². The molecule has 1 aliphatic heterocycles. The van der Waals surface area contributed by atoms with Gasteiger partial charge >= 0.3 is 5.97 Å². The van der Waals surface area contributed by atoms with Crippen LogP contribution in [0.15, 0.2) is 34.9 Å². The van der Waals surface area contributed by atoms with Crippen LogP contribution in [-0.4, -0.2) is 44.7 Å². The third-order valence-electron chi connectivity index (χ3n) is 5.24. The summed E-state index contributed by atoms with van der Waals surface area (Å²) in [6.07, 6.45) is 6.28. The van der Waals surface area contributed by atoms with E-state index in [1.54, 1.807) is 32.9 Å². The SMILES string of the molecule is CC1=C2CC[C@@](C)(O)/C=C/C[C@@](C)(O)[C@@H](O)CC/C(C)=C\[C@@H]2OC1=O. The average Bonchev–Trinajstić information content (AvgIpc) is 2.76. The number of allylic oxidation sites excluding steroid dienone is 1. The van der Waals surface area contributed by atoms with Crippen molar-refractivity contribution < 1.29 is 24.9 Å². The first-order valence-corrected chi connectivity index (χ1v) is 8.90. The van der Waals surface area contributed by atoms with Crippen LogP contribution in [0.25, 0.3) is 0 Å². The summed E-state index contributed by atoms with van der Waals surface area (Å²) in [6, 6.07) is 0. The highest BCUT2D eigenvalue weighted by Crippen LogP contribution is 2.32. The second-order valence-corrected chi connectivity index (χ2v) is 7.86. The number of carbonyl (C=O) groups excluding carboxylic acids is 1. The number of hydrogen-bond donors (Lipinski definition) is 3. The Balaban J connectivity index is 2.31. The maximum Gasteiger partial charge on any atom is 0.334 e. The molecule has 25 heavy (non-hydrogen) atoms. The van der Waals surface area contributed by atoms with Crippen LogP contribution in [0.1, 0.15) is 59.8 Å². The molecule has 2 rings (SSSR count). The maximum absolute atomic E-state index is 11.9. The predicted molar refractivity (Wildman–Crippen MR) is 95.8 cm³/mol. The van der Waals surface area contributed by atoms with Crippen molar-refractivity contribution >= 4 is 5.97 Å². The Morgan fingerprint density at radius 3 is 2.56 bits per heavy atom. The lowest BCUT2D eigenvalue weighted by Crippen LogP contribution is -2.39. The lowest BCUT2D eigenvalue weighted by molar-refractivity contribution is -0.138. The third-order valence-corrected chi connectivity index (χ3v) is 5.24. The molecule has 0 saturated carbocycles. The molecule has 4 atom stereocenters. The minimum atomic E-state index is -1.25. The molecule has 0 saturated heterocycles. The molecule has 0 unspecified atom stereocenters. The zero-order chi connectivity index (χ0) is 18.8. The fraction of sp³-hybridized carbons (Fsp3) is 0.650. The van der Waals surface area contributed by atoms with Gasteiger partial charge in [-0.2, -0.15) is 0 Å². The van der Waals surface area contributed by atoms with Gasteiger partial charge in [0.2, 0.25) is 0 Å². The number of aliphatic hydroxyl groups is 3. The quantitative estimate of drug-likeness (QED) is 0.462. The Morgan fingerprint density at radius 2 is 1.88 bits per heavy atom. The summed E-state index contributed by atoms with van der Waals surface area (Å²) in [5.41, 5.74) is 0.206. The number of ether oxygens (including phenoxy) is 1. The van der Waals surface area contributed by atoms with E-state index in [9.17, 15) is 20.1 Å².